The highest BCUT2D eigenvalue weighted by molar-refractivity contribution is 7.99. The van der Waals surface area contributed by atoms with Crippen molar-refractivity contribution >= 4 is 17.7 Å². The van der Waals surface area contributed by atoms with Crippen LogP contribution in [0.3, 0.4) is 0 Å². The van der Waals surface area contributed by atoms with Gasteiger partial charge < -0.3 is 10.2 Å². The second-order valence-electron chi connectivity index (χ2n) is 3.79. The Morgan fingerprint density at radius 1 is 1.62 bits per heavy atom. The van der Waals surface area contributed by atoms with Crippen molar-refractivity contribution in [2.45, 2.75) is 12.5 Å². The third-order valence-corrected chi connectivity index (χ3v) is 3.57. The van der Waals surface area contributed by atoms with E-state index in [4.69, 9.17) is 0 Å². The number of carbonyl (C=O) groups is 1. The van der Waals surface area contributed by atoms with E-state index in [2.05, 4.69) is 10.2 Å². The van der Waals surface area contributed by atoms with Crippen molar-refractivity contribution in [3.63, 3.8) is 0 Å². The Labute approximate surface area is 83.2 Å². The molecule has 0 aliphatic carbocycles. The van der Waals surface area contributed by atoms with Crippen LogP contribution in [0.5, 0.6) is 0 Å². The molecule has 0 unspecified atom stereocenters. The van der Waals surface area contributed by atoms with Crippen molar-refractivity contribution in [1.82, 2.24) is 10.2 Å². The predicted molar refractivity (Wildman–Crippen MR) is 54.9 cm³/mol. The molecule has 1 amide bonds. The van der Waals surface area contributed by atoms with Gasteiger partial charge in [0.25, 0.3) is 0 Å². The lowest BCUT2D eigenvalue weighted by atomic mass is 10.1. The molecule has 13 heavy (non-hydrogen) atoms. The zero-order valence-corrected chi connectivity index (χ0v) is 8.77. The van der Waals surface area contributed by atoms with Crippen LogP contribution in [0, 0.1) is 5.92 Å². The van der Waals surface area contributed by atoms with Gasteiger partial charge in [0.05, 0.1) is 5.75 Å². The zero-order chi connectivity index (χ0) is 9.26. The number of thioether (sulfide) groups is 1. The summed E-state index contributed by atoms with van der Waals surface area (Å²) >= 11 is 1.62. The highest BCUT2D eigenvalue weighted by Gasteiger charge is 2.39. The molecule has 2 saturated heterocycles. The highest BCUT2D eigenvalue weighted by atomic mass is 32.2. The van der Waals surface area contributed by atoms with E-state index in [1.807, 2.05) is 6.26 Å². The second-order valence-corrected chi connectivity index (χ2v) is 4.66. The molecule has 3 nitrogen and oxygen atoms in total. The van der Waals surface area contributed by atoms with Gasteiger partial charge in [-0.1, -0.05) is 0 Å². The first-order valence-electron chi connectivity index (χ1n) is 4.82. The van der Waals surface area contributed by atoms with Crippen molar-refractivity contribution in [1.29, 1.82) is 0 Å². The molecule has 2 aliphatic heterocycles. The van der Waals surface area contributed by atoms with E-state index in [1.54, 1.807) is 11.8 Å². The zero-order valence-electron chi connectivity index (χ0n) is 7.95. The third-order valence-electron chi connectivity index (χ3n) is 3.03. The molecule has 0 saturated carbocycles. The minimum absolute atomic E-state index is 0.323. The van der Waals surface area contributed by atoms with Crippen molar-refractivity contribution < 1.29 is 4.79 Å². The summed E-state index contributed by atoms with van der Waals surface area (Å²) in [6.45, 7) is 3.09. The van der Waals surface area contributed by atoms with Crippen molar-refractivity contribution in [2.24, 2.45) is 5.92 Å². The Morgan fingerprint density at radius 3 is 3.23 bits per heavy atom. The average molecular weight is 200 g/mol. The molecule has 0 aromatic rings. The summed E-state index contributed by atoms with van der Waals surface area (Å²) in [5.74, 6) is 1.69. The molecule has 2 rings (SSSR count). The summed E-state index contributed by atoms with van der Waals surface area (Å²) in [6.07, 6.45) is 3.18. The molecule has 1 N–H and O–H groups in total. The van der Waals surface area contributed by atoms with E-state index in [9.17, 15) is 4.79 Å². The Hall–Kier alpha value is -0.220. The van der Waals surface area contributed by atoms with E-state index in [-0.39, 0.29) is 0 Å². The maximum Gasteiger partial charge on any atom is 0.232 e. The number of likely N-dealkylation sites (tertiary alicyclic amines) is 1. The van der Waals surface area contributed by atoms with Gasteiger partial charge in [-0.3, -0.25) is 4.79 Å². The predicted octanol–water partition coefficient (Wildman–Crippen LogP) is 0.170. The number of carbonyl (C=O) groups excluding carboxylic acids is 1. The Morgan fingerprint density at radius 2 is 2.46 bits per heavy atom. The molecule has 4 heteroatoms. The first-order chi connectivity index (χ1) is 6.33. The number of rotatable bonds is 2. The van der Waals surface area contributed by atoms with E-state index in [1.165, 1.54) is 6.42 Å². The van der Waals surface area contributed by atoms with Gasteiger partial charge in [0.15, 0.2) is 0 Å². The SMILES string of the molecule is CSCC(=O)N1CC[C@@H]2CNC[C@@H]21. The Balaban J connectivity index is 1.96. The largest absolute Gasteiger partial charge is 0.337 e. The van der Waals surface area contributed by atoms with Crippen LogP contribution in [0.1, 0.15) is 6.42 Å². The van der Waals surface area contributed by atoms with E-state index >= 15 is 0 Å². The fourth-order valence-electron chi connectivity index (χ4n) is 2.37. The first-order valence-corrected chi connectivity index (χ1v) is 6.21. The summed E-state index contributed by atoms with van der Waals surface area (Å²) in [5.41, 5.74) is 0. The lowest BCUT2D eigenvalue weighted by Crippen LogP contribution is -2.40. The molecule has 2 fully saturated rings. The first kappa shape index (κ1) is 9.34. The molecular weight excluding hydrogens is 184 g/mol. The van der Waals surface area contributed by atoms with Crippen LogP contribution < -0.4 is 5.32 Å². The van der Waals surface area contributed by atoms with Gasteiger partial charge in [-0.25, -0.2) is 0 Å². The summed E-state index contributed by atoms with van der Waals surface area (Å²) in [4.78, 5) is 13.7. The maximum atomic E-state index is 11.7. The standard InChI is InChI=1S/C9H16N2OS/c1-13-6-9(12)11-3-2-7-4-10-5-8(7)11/h7-8,10H,2-6H2,1H3/t7-,8+/m1/s1. The number of nitrogens with one attached hydrogen (secondary N) is 1. The van der Waals surface area contributed by atoms with Gasteiger partial charge in [0.1, 0.15) is 0 Å². The number of fused-ring (bicyclic) bond motifs is 1. The molecule has 2 heterocycles. The summed E-state index contributed by atoms with van der Waals surface area (Å²) in [5, 5.41) is 3.35. The van der Waals surface area contributed by atoms with Gasteiger partial charge in [-0.15, -0.1) is 0 Å². The number of amides is 1. The number of hydrogen-bond donors (Lipinski definition) is 1. The minimum Gasteiger partial charge on any atom is -0.337 e. The number of hydrogen-bond acceptors (Lipinski definition) is 3. The molecule has 0 aromatic heterocycles. The monoisotopic (exact) mass is 200 g/mol. The topological polar surface area (TPSA) is 32.3 Å². The van der Waals surface area contributed by atoms with E-state index in [0.717, 1.165) is 25.6 Å². The lowest BCUT2D eigenvalue weighted by molar-refractivity contribution is -0.129. The fourth-order valence-corrected chi connectivity index (χ4v) is 2.78. The van der Waals surface area contributed by atoms with Gasteiger partial charge in [0, 0.05) is 25.7 Å². The van der Waals surface area contributed by atoms with Crippen LogP contribution in [0.15, 0.2) is 0 Å². The van der Waals surface area contributed by atoms with E-state index < -0.39 is 0 Å². The van der Waals surface area contributed by atoms with Gasteiger partial charge >= 0.3 is 0 Å². The van der Waals surface area contributed by atoms with Crippen LogP contribution in [-0.4, -0.2) is 48.5 Å². The summed E-state index contributed by atoms with van der Waals surface area (Å²) in [7, 11) is 0. The highest BCUT2D eigenvalue weighted by Crippen LogP contribution is 2.27. The van der Waals surface area contributed by atoms with Crippen molar-refractivity contribution in [3.05, 3.63) is 0 Å². The molecule has 2 atom stereocenters. The van der Waals surface area contributed by atoms with E-state index in [0.29, 0.717) is 17.7 Å². The van der Waals surface area contributed by atoms with Crippen LogP contribution in [0.4, 0.5) is 0 Å². The van der Waals surface area contributed by atoms with Crippen LogP contribution in [0.2, 0.25) is 0 Å². The normalized spacial score (nSPS) is 32.2. The van der Waals surface area contributed by atoms with Crippen molar-refractivity contribution in [2.75, 3.05) is 31.6 Å². The minimum atomic E-state index is 0.323. The maximum absolute atomic E-state index is 11.7. The molecule has 2 aliphatic rings. The van der Waals surface area contributed by atoms with Gasteiger partial charge in [-0.2, -0.15) is 11.8 Å². The molecule has 0 bridgehead atoms. The third kappa shape index (κ3) is 1.70. The Kier molecular flexibility index (Phi) is 2.79. The molecule has 74 valence electrons. The molecule has 0 aromatic carbocycles. The van der Waals surface area contributed by atoms with Crippen molar-refractivity contribution in [3.8, 4) is 0 Å². The van der Waals surface area contributed by atoms with Crippen LogP contribution in [0.25, 0.3) is 0 Å². The van der Waals surface area contributed by atoms with Gasteiger partial charge in [-0.05, 0) is 18.6 Å². The molecule has 0 spiro atoms. The smallest absolute Gasteiger partial charge is 0.232 e. The Bertz CT molecular complexity index is 210. The average Bonchev–Trinajstić information content (AvgIpc) is 2.62. The summed E-state index contributed by atoms with van der Waals surface area (Å²) in [6, 6.07) is 0.500. The summed E-state index contributed by atoms with van der Waals surface area (Å²) < 4.78 is 0. The number of nitrogens with zero attached hydrogens (tertiary/aromatic N) is 1. The fraction of sp³-hybridized carbons (Fsp3) is 0.889. The second kappa shape index (κ2) is 3.88. The van der Waals surface area contributed by atoms with Gasteiger partial charge in [0.2, 0.25) is 5.91 Å². The van der Waals surface area contributed by atoms with Crippen LogP contribution in [-0.2, 0) is 4.79 Å². The quantitative estimate of drug-likeness (QED) is 0.689. The molecular formula is C9H16N2OS. The molecule has 0 radical (unpaired) electrons. The van der Waals surface area contributed by atoms with Crippen LogP contribution >= 0.6 is 11.8 Å². The lowest BCUT2D eigenvalue weighted by Gasteiger charge is -2.22.